The van der Waals surface area contributed by atoms with Gasteiger partial charge in [-0.15, -0.1) is 0 Å². The Balaban J connectivity index is 2.52. The Labute approximate surface area is 95.3 Å². The SMILES string of the molecule is COc1ccc2c(c1C(C)N)OCCCO2. The van der Waals surface area contributed by atoms with Crippen molar-refractivity contribution >= 4 is 0 Å². The van der Waals surface area contributed by atoms with E-state index in [0.29, 0.717) is 13.2 Å². The van der Waals surface area contributed by atoms with Crippen molar-refractivity contribution in [1.82, 2.24) is 0 Å². The molecule has 0 aromatic heterocycles. The van der Waals surface area contributed by atoms with Crippen LogP contribution < -0.4 is 19.9 Å². The van der Waals surface area contributed by atoms with E-state index in [1.54, 1.807) is 7.11 Å². The Bertz CT molecular complexity index is 377. The van der Waals surface area contributed by atoms with E-state index in [1.807, 2.05) is 19.1 Å². The molecule has 0 bridgehead atoms. The molecule has 0 fully saturated rings. The Hall–Kier alpha value is -1.42. The van der Waals surface area contributed by atoms with Crippen LogP contribution in [0.3, 0.4) is 0 Å². The largest absolute Gasteiger partial charge is 0.496 e. The Morgan fingerprint density at radius 1 is 1.31 bits per heavy atom. The molecule has 0 radical (unpaired) electrons. The first-order valence-corrected chi connectivity index (χ1v) is 5.46. The highest BCUT2D eigenvalue weighted by atomic mass is 16.5. The van der Waals surface area contributed by atoms with Crippen LogP contribution in [0.5, 0.6) is 17.2 Å². The summed E-state index contributed by atoms with van der Waals surface area (Å²) >= 11 is 0. The fourth-order valence-corrected chi connectivity index (χ4v) is 1.85. The summed E-state index contributed by atoms with van der Waals surface area (Å²) in [4.78, 5) is 0. The molecule has 4 nitrogen and oxygen atoms in total. The normalized spacial score (nSPS) is 16.4. The first kappa shape index (κ1) is 11.1. The lowest BCUT2D eigenvalue weighted by Crippen LogP contribution is -2.10. The molecule has 1 aromatic rings. The number of rotatable bonds is 2. The number of methoxy groups -OCH3 is 1. The van der Waals surface area contributed by atoms with Gasteiger partial charge in [-0.3, -0.25) is 0 Å². The van der Waals surface area contributed by atoms with Gasteiger partial charge >= 0.3 is 0 Å². The van der Waals surface area contributed by atoms with Gasteiger partial charge in [-0.2, -0.15) is 0 Å². The summed E-state index contributed by atoms with van der Waals surface area (Å²) in [6.07, 6.45) is 0.884. The minimum atomic E-state index is -0.147. The molecule has 1 unspecified atom stereocenters. The average molecular weight is 223 g/mol. The van der Waals surface area contributed by atoms with E-state index in [1.165, 1.54) is 0 Å². The van der Waals surface area contributed by atoms with Crippen molar-refractivity contribution in [3.63, 3.8) is 0 Å². The third-order valence-electron chi connectivity index (χ3n) is 2.59. The molecule has 1 aliphatic heterocycles. The molecule has 0 aliphatic carbocycles. The van der Waals surface area contributed by atoms with Crippen molar-refractivity contribution in [2.75, 3.05) is 20.3 Å². The maximum Gasteiger partial charge on any atom is 0.169 e. The minimum Gasteiger partial charge on any atom is -0.496 e. The summed E-state index contributed by atoms with van der Waals surface area (Å²) in [6.45, 7) is 3.24. The predicted octanol–water partition coefficient (Wildman–Crippen LogP) is 1.88. The van der Waals surface area contributed by atoms with E-state index in [-0.39, 0.29) is 6.04 Å². The molecule has 88 valence electrons. The maximum absolute atomic E-state index is 5.95. The van der Waals surface area contributed by atoms with Crippen LogP contribution in [0.25, 0.3) is 0 Å². The first-order valence-electron chi connectivity index (χ1n) is 5.46. The highest BCUT2D eigenvalue weighted by Crippen LogP contribution is 2.41. The zero-order chi connectivity index (χ0) is 11.5. The zero-order valence-corrected chi connectivity index (χ0v) is 9.66. The fourth-order valence-electron chi connectivity index (χ4n) is 1.85. The molecule has 0 saturated carbocycles. The van der Waals surface area contributed by atoms with E-state index < -0.39 is 0 Å². The summed E-state index contributed by atoms with van der Waals surface area (Å²) in [5.74, 6) is 2.23. The van der Waals surface area contributed by atoms with Crippen LogP contribution in [0.2, 0.25) is 0 Å². The summed E-state index contributed by atoms with van der Waals surface area (Å²) < 4.78 is 16.6. The molecule has 16 heavy (non-hydrogen) atoms. The van der Waals surface area contributed by atoms with Crippen LogP contribution in [-0.4, -0.2) is 20.3 Å². The molecule has 0 spiro atoms. The minimum absolute atomic E-state index is 0.147. The Morgan fingerprint density at radius 3 is 2.75 bits per heavy atom. The number of nitrogens with two attached hydrogens (primary N) is 1. The van der Waals surface area contributed by atoms with Gasteiger partial charge in [0.25, 0.3) is 0 Å². The molecule has 2 N–H and O–H groups in total. The van der Waals surface area contributed by atoms with Gasteiger partial charge in [0.2, 0.25) is 0 Å². The van der Waals surface area contributed by atoms with Gasteiger partial charge in [0.05, 0.1) is 25.9 Å². The van der Waals surface area contributed by atoms with E-state index in [2.05, 4.69) is 0 Å². The lowest BCUT2D eigenvalue weighted by Gasteiger charge is -2.18. The number of fused-ring (bicyclic) bond motifs is 1. The van der Waals surface area contributed by atoms with Crippen LogP contribution in [0.15, 0.2) is 12.1 Å². The highest BCUT2D eigenvalue weighted by Gasteiger charge is 2.21. The van der Waals surface area contributed by atoms with E-state index >= 15 is 0 Å². The van der Waals surface area contributed by atoms with Crippen LogP contribution in [0, 0.1) is 0 Å². The molecule has 1 heterocycles. The van der Waals surface area contributed by atoms with Gasteiger partial charge in [-0.25, -0.2) is 0 Å². The predicted molar refractivity (Wildman–Crippen MR) is 61.2 cm³/mol. The fraction of sp³-hybridized carbons (Fsp3) is 0.500. The average Bonchev–Trinajstić information content (AvgIpc) is 2.51. The van der Waals surface area contributed by atoms with Gasteiger partial charge in [-0.05, 0) is 19.1 Å². The number of hydrogen-bond donors (Lipinski definition) is 1. The molecular formula is C12H17NO3. The van der Waals surface area contributed by atoms with Crippen molar-refractivity contribution in [2.45, 2.75) is 19.4 Å². The Morgan fingerprint density at radius 2 is 2.06 bits per heavy atom. The highest BCUT2D eigenvalue weighted by molar-refractivity contribution is 5.55. The van der Waals surface area contributed by atoms with E-state index in [4.69, 9.17) is 19.9 Å². The second-order valence-corrected chi connectivity index (χ2v) is 3.85. The smallest absolute Gasteiger partial charge is 0.169 e. The van der Waals surface area contributed by atoms with Gasteiger partial charge in [0.1, 0.15) is 5.75 Å². The van der Waals surface area contributed by atoms with Crippen molar-refractivity contribution in [3.05, 3.63) is 17.7 Å². The molecule has 1 aromatic carbocycles. The summed E-state index contributed by atoms with van der Waals surface area (Å²) in [5.41, 5.74) is 6.83. The van der Waals surface area contributed by atoms with Gasteiger partial charge in [0, 0.05) is 12.5 Å². The lowest BCUT2D eigenvalue weighted by molar-refractivity contribution is 0.295. The van der Waals surface area contributed by atoms with Gasteiger partial charge in [0.15, 0.2) is 11.5 Å². The maximum atomic E-state index is 5.95. The summed E-state index contributed by atoms with van der Waals surface area (Å²) in [7, 11) is 1.63. The number of benzene rings is 1. The zero-order valence-electron chi connectivity index (χ0n) is 9.66. The molecule has 2 rings (SSSR count). The third-order valence-corrected chi connectivity index (χ3v) is 2.59. The summed E-state index contributed by atoms with van der Waals surface area (Å²) in [5, 5.41) is 0. The second-order valence-electron chi connectivity index (χ2n) is 3.85. The van der Waals surface area contributed by atoms with Crippen molar-refractivity contribution in [3.8, 4) is 17.2 Å². The Kier molecular flexibility index (Phi) is 3.19. The quantitative estimate of drug-likeness (QED) is 0.831. The van der Waals surface area contributed by atoms with Crippen LogP contribution in [-0.2, 0) is 0 Å². The van der Waals surface area contributed by atoms with Crippen LogP contribution >= 0.6 is 0 Å². The molecule has 0 amide bonds. The van der Waals surface area contributed by atoms with Gasteiger partial charge < -0.3 is 19.9 Å². The summed E-state index contributed by atoms with van der Waals surface area (Å²) in [6, 6.07) is 3.59. The molecule has 1 aliphatic rings. The topological polar surface area (TPSA) is 53.7 Å². The van der Waals surface area contributed by atoms with Crippen molar-refractivity contribution in [1.29, 1.82) is 0 Å². The molecular weight excluding hydrogens is 206 g/mol. The van der Waals surface area contributed by atoms with Crippen molar-refractivity contribution in [2.24, 2.45) is 5.73 Å². The van der Waals surface area contributed by atoms with Crippen LogP contribution in [0.4, 0.5) is 0 Å². The number of hydrogen-bond acceptors (Lipinski definition) is 4. The first-order chi connectivity index (χ1) is 7.74. The lowest BCUT2D eigenvalue weighted by atomic mass is 10.1. The van der Waals surface area contributed by atoms with Gasteiger partial charge in [-0.1, -0.05) is 0 Å². The van der Waals surface area contributed by atoms with Crippen molar-refractivity contribution < 1.29 is 14.2 Å². The van der Waals surface area contributed by atoms with Crippen LogP contribution in [0.1, 0.15) is 24.9 Å². The number of ether oxygens (including phenoxy) is 3. The second kappa shape index (κ2) is 4.61. The third kappa shape index (κ3) is 1.93. The van der Waals surface area contributed by atoms with E-state index in [0.717, 1.165) is 29.2 Å². The molecule has 0 saturated heterocycles. The molecule has 4 heteroatoms. The van der Waals surface area contributed by atoms with E-state index in [9.17, 15) is 0 Å². The molecule has 1 atom stereocenters. The standard InChI is InChI=1S/C12H17NO3/c1-8(13)11-9(14-2)4-5-10-12(11)16-7-3-6-15-10/h4-5,8H,3,6-7,13H2,1-2H3. The monoisotopic (exact) mass is 223 g/mol.